The molecule has 2 aliphatic rings. The van der Waals surface area contributed by atoms with Crippen molar-refractivity contribution in [3.63, 3.8) is 0 Å². The summed E-state index contributed by atoms with van der Waals surface area (Å²) in [6.45, 7) is 1.00. The second-order valence-electron chi connectivity index (χ2n) is 3.25. The van der Waals surface area contributed by atoms with E-state index in [-0.39, 0.29) is 5.60 Å². The summed E-state index contributed by atoms with van der Waals surface area (Å²) in [5, 5.41) is 6.65. The second kappa shape index (κ2) is 1.72. The van der Waals surface area contributed by atoms with Gasteiger partial charge in [0.1, 0.15) is 10.6 Å². The molecule has 1 aromatic heterocycles. The maximum Gasteiger partial charge on any atom is 0.154 e. The third kappa shape index (κ3) is 0.774. The molecule has 1 fully saturated rings. The van der Waals surface area contributed by atoms with Crippen LogP contribution in [0.15, 0.2) is 11.4 Å². The fourth-order valence-corrected chi connectivity index (χ4v) is 2.14. The molecule has 0 saturated heterocycles. The summed E-state index contributed by atoms with van der Waals surface area (Å²) in [4.78, 5) is 0. The Hall–Kier alpha value is -0.700. The first kappa shape index (κ1) is 5.89. The van der Waals surface area contributed by atoms with Gasteiger partial charge in [-0.3, -0.25) is 0 Å². The number of ether oxygens (including phenoxy) is 1. The molecule has 2 nitrogen and oxygen atoms in total. The average Bonchev–Trinajstić information content (AvgIpc) is 2.63. The minimum atomic E-state index is 0.189. The molecule has 1 N–H and O–H groups in total. The van der Waals surface area contributed by atoms with Gasteiger partial charge in [0.25, 0.3) is 0 Å². The van der Waals surface area contributed by atoms with Gasteiger partial charge < -0.3 is 10.1 Å². The van der Waals surface area contributed by atoms with Crippen LogP contribution in [0.4, 0.5) is 5.00 Å². The van der Waals surface area contributed by atoms with Crippen molar-refractivity contribution in [3.8, 4) is 5.75 Å². The van der Waals surface area contributed by atoms with E-state index >= 15 is 0 Å². The summed E-state index contributed by atoms with van der Waals surface area (Å²) in [6, 6.07) is 2.05. The standard InChI is InChI=1S/C8H9NOS/c1-4-11-7-6(1)10-8(2-3-8)5-9-7/h1,4,9H,2-3,5H2. The van der Waals surface area contributed by atoms with Crippen molar-refractivity contribution in [2.24, 2.45) is 0 Å². The topological polar surface area (TPSA) is 21.3 Å². The Balaban J connectivity index is 2.00. The van der Waals surface area contributed by atoms with Crippen LogP contribution in [0.5, 0.6) is 5.75 Å². The first-order chi connectivity index (χ1) is 5.38. The fraction of sp³-hybridized carbons (Fsp3) is 0.500. The van der Waals surface area contributed by atoms with Crippen LogP contribution >= 0.6 is 11.3 Å². The molecule has 1 aliphatic carbocycles. The third-order valence-corrected chi connectivity index (χ3v) is 3.19. The number of anilines is 1. The lowest BCUT2D eigenvalue weighted by molar-refractivity contribution is 0.185. The summed E-state index contributed by atoms with van der Waals surface area (Å²) in [7, 11) is 0. The Bertz CT molecular complexity index is 290. The van der Waals surface area contributed by atoms with Gasteiger partial charge in [-0.25, -0.2) is 0 Å². The molecule has 0 atom stereocenters. The molecule has 0 radical (unpaired) electrons. The van der Waals surface area contributed by atoms with Crippen LogP contribution in [-0.4, -0.2) is 12.1 Å². The van der Waals surface area contributed by atoms with E-state index in [1.54, 1.807) is 11.3 Å². The smallest absolute Gasteiger partial charge is 0.154 e. The van der Waals surface area contributed by atoms with Crippen molar-refractivity contribution in [1.29, 1.82) is 0 Å². The highest BCUT2D eigenvalue weighted by Crippen LogP contribution is 2.47. The van der Waals surface area contributed by atoms with E-state index in [0.717, 1.165) is 12.3 Å². The van der Waals surface area contributed by atoms with Crippen molar-refractivity contribution < 1.29 is 4.74 Å². The maximum absolute atomic E-state index is 5.82. The van der Waals surface area contributed by atoms with Crippen LogP contribution in [0.2, 0.25) is 0 Å². The van der Waals surface area contributed by atoms with Gasteiger partial charge in [-0.05, 0) is 24.3 Å². The maximum atomic E-state index is 5.82. The first-order valence-electron chi connectivity index (χ1n) is 3.88. The number of hydrogen-bond acceptors (Lipinski definition) is 3. The van der Waals surface area contributed by atoms with Crippen LogP contribution in [-0.2, 0) is 0 Å². The van der Waals surface area contributed by atoms with Gasteiger partial charge in [0, 0.05) is 0 Å². The fourth-order valence-electron chi connectivity index (χ4n) is 1.44. The highest BCUT2D eigenvalue weighted by atomic mass is 32.1. The lowest BCUT2D eigenvalue weighted by Gasteiger charge is -2.24. The highest BCUT2D eigenvalue weighted by molar-refractivity contribution is 7.14. The Morgan fingerprint density at radius 3 is 3.27 bits per heavy atom. The molecule has 3 rings (SSSR count). The molecule has 1 aromatic rings. The molecule has 3 heteroatoms. The van der Waals surface area contributed by atoms with Crippen molar-refractivity contribution in [2.75, 3.05) is 11.9 Å². The van der Waals surface area contributed by atoms with Crippen LogP contribution in [0.3, 0.4) is 0 Å². The minimum Gasteiger partial charge on any atom is -0.482 e. The largest absolute Gasteiger partial charge is 0.482 e. The second-order valence-corrected chi connectivity index (χ2v) is 4.17. The van der Waals surface area contributed by atoms with Crippen LogP contribution in [0, 0.1) is 0 Å². The van der Waals surface area contributed by atoms with Crippen molar-refractivity contribution in [3.05, 3.63) is 11.4 Å². The zero-order valence-electron chi connectivity index (χ0n) is 6.09. The van der Waals surface area contributed by atoms with Crippen molar-refractivity contribution >= 4 is 16.3 Å². The summed E-state index contributed by atoms with van der Waals surface area (Å²) >= 11 is 1.72. The molecular weight excluding hydrogens is 158 g/mol. The quantitative estimate of drug-likeness (QED) is 0.638. The number of hydrogen-bond donors (Lipinski definition) is 1. The van der Waals surface area contributed by atoms with E-state index in [0.29, 0.717) is 0 Å². The minimum absolute atomic E-state index is 0.189. The zero-order valence-corrected chi connectivity index (χ0v) is 6.91. The van der Waals surface area contributed by atoms with Crippen LogP contribution < -0.4 is 10.1 Å². The zero-order chi connectivity index (χ0) is 7.31. The lowest BCUT2D eigenvalue weighted by Crippen LogP contribution is -2.31. The number of fused-ring (bicyclic) bond motifs is 1. The van der Waals surface area contributed by atoms with Crippen molar-refractivity contribution in [1.82, 2.24) is 0 Å². The van der Waals surface area contributed by atoms with Gasteiger partial charge in [0.15, 0.2) is 5.75 Å². The van der Waals surface area contributed by atoms with Crippen LogP contribution in [0.1, 0.15) is 12.8 Å². The average molecular weight is 167 g/mol. The highest BCUT2D eigenvalue weighted by Gasteiger charge is 2.47. The monoisotopic (exact) mass is 167 g/mol. The molecule has 58 valence electrons. The van der Waals surface area contributed by atoms with Gasteiger partial charge >= 0.3 is 0 Å². The molecular formula is C8H9NOS. The predicted octanol–water partition coefficient (Wildman–Crippen LogP) is 2.08. The Morgan fingerprint density at radius 1 is 1.55 bits per heavy atom. The predicted molar refractivity (Wildman–Crippen MR) is 45.4 cm³/mol. The van der Waals surface area contributed by atoms with Crippen molar-refractivity contribution in [2.45, 2.75) is 18.4 Å². The van der Waals surface area contributed by atoms with Crippen LogP contribution in [0.25, 0.3) is 0 Å². The Morgan fingerprint density at radius 2 is 2.45 bits per heavy atom. The molecule has 1 aliphatic heterocycles. The normalized spacial score (nSPS) is 23.6. The van der Waals surface area contributed by atoms with Gasteiger partial charge in [-0.1, -0.05) is 0 Å². The van der Waals surface area contributed by atoms with Gasteiger partial charge in [0.05, 0.1) is 6.54 Å². The van der Waals surface area contributed by atoms with Gasteiger partial charge in [-0.15, -0.1) is 11.3 Å². The molecule has 1 spiro atoms. The van der Waals surface area contributed by atoms with E-state index in [1.807, 2.05) is 6.07 Å². The van der Waals surface area contributed by atoms with E-state index < -0.39 is 0 Å². The van der Waals surface area contributed by atoms with Gasteiger partial charge in [0.2, 0.25) is 0 Å². The SMILES string of the molecule is c1cc2c(s1)NCC1(CC1)O2. The van der Waals surface area contributed by atoms with Gasteiger partial charge in [-0.2, -0.15) is 0 Å². The molecule has 2 heterocycles. The summed E-state index contributed by atoms with van der Waals surface area (Å²) in [5.74, 6) is 1.05. The number of nitrogens with one attached hydrogen (secondary N) is 1. The molecule has 0 unspecified atom stereocenters. The Kier molecular flexibility index (Phi) is 0.921. The lowest BCUT2D eigenvalue weighted by atomic mass is 10.3. The third-order valence-electron chi connectivity index (χ3n) is 2.33. The Labute approximate surface area is 69.2 Å². The van der Waals surface area contributed by atoms with E-state index in [2.05, 4.69) is 10.7 Å². The summed E-state index contributed by atoms with van der Waals surface area (Å²) in [5.41, 5.74) is 0.189. The molecule has 1 saturated carbocycles. The molecule has 11 heavy (non-hydrogen) atoms. The number of thiophene rings is 1. The summed E-state index contributed by atoms with van der Waals surface area (Å²) in [6.07, 6.45) is 2.44. The van der Waals surface area contributed by atoms with E-state index in [4.69, 9.17) is 4.74 Å². The van der Waals surface area contributed by atoms with E-state index in [9.17, 15) is 0 Å². The molecule has 0 bridgehead atoms. The number of rotatable bonds is 0. The van der Waals surface area contributed by atoms with E-state index in [1.165, 1.54) is 17.8 Å². The summed E-state index contributed by atoms with van der Waals surface area (Å²) < 4.78 is 5.82. The molecule has 0 aromatic carbocycles. The molecule has 0 amide bonds. The first-order valence-corrected chi connectivity index (χ1v) is 4.76.